The lowest BCUT2D eigenvalue weighted by Gasteiger charge is -2.14. The molecule has 0 aliphatic heterocycles. The van der Waals surface area contributed by atoms with Crippen molar-refractivity contribution in [1.29, 1.82) is 0 Å². The summed E-state index contributed by atoms with van der Waals surface area (Å²) in [6, 6.07) is 6.94. The average molecular weight is 320 g/mol. The molecule has 0 spiro atoms. The molecule has 0 heterocycles. The summed E-state index contributed by atoms with van der Waals surface area (Å²) >= 11 is 5.78. The monoisotopic (exact) mass is 319 g/mol. The molecule has 0 fully saturated rings. The smallest absolute Gasteiger partial charge is 0.303 e. The lowest BCUT2D eigenvalue weighted by atomic mass is 10.1. The number of benzene rings is 1. The molecular formula is C13H18ClNO4S. The molecule has 0 saturated heterocycles. The van der Waals surface area contributed by atoms with Gasteiger partial charge in [0.05, 0.1) is 5.75 Å². The molecule has 1 aromatic carbocycles. The Kier molecular flexibility index (Phi) is 6.45. The number of carboxylic acid groups (broad SMARTS) is 1. The standard InChI is InChI=1S/C13H18ClNO4S/c1-10(9-11-4-6-12(14)7-5-11)15-20(18,19)8-2-3-13(16)17/h4-7,10,15H,2-3,8-9H2,1H3,(H,16,17). The van der Waals surface area contributed by atoms with E-state index >= 15 is 0 Å². The van der Waals surface area contributed by atoms with Gasteiger partial charge in [0.1, 0.15) is 0 Å². The topological polar surface area (TPSA) is 83.5 Å². The first kappa shape index (κ1) is 16.9. The molecule has 0 radical (unpaired) electrons. The maximum absolute atomic E-state index is 11.7. The summed E-state index contributed by atoms with van der Waals surface area (Å²) in [5.41, 5.74) is 0.982. The van der Waals surface area contributed by atoms with Gasteiger partial charge in [0, 0.05) is 17.5 Å². The van der Waals surface area contributed by atoms with E-state index in [-0.39, 0.29) is 24.6 Å². The molecule has 0 aromatic heterocycles. The number of halogens is 1. The zero-order valence-electron chi connectivity index (χ0n) is 11.2. The Labute approximate surface area is 124 Å². The number of hydrogen-bond acceptors (Lipinski definition) is 3. The largest absolute Gasteiger partial charge is 0.481 e. The second kappa shape index (κ2) is 7.61. The second-order valence-electron chi connectivity index (χ2n) is 4.67. The Morgan fingerprint density at radius 2 is 1.95 bits per heavy atom. The number of nitrogens with one attached hydrogen (secondary N) is 1. The number of aliphatic carboxylic acids is 1. The number of sulfonamides is 1. The number of rotatable bonds is 8. The molecule has 1 rings (SSSR count). The molecule has 5 nitrogen and oxygen atoms in total. The highest BCUT2D eigenvalue weighted by Gasteiger charge is 2.15. The fourth-order valence-electron chi connectivity index (χ4n) is 1.79. The minimum atomic E-state index is -3.44. The van der Waals surface area contributed by atoms with Crippen molar-refractivity contribution in [3.63, 3.8) is 0 Å². The number of carbonyl (C=O) groups is 1. The van der Waals surface area contributed by atoms with E-state index in [4.69, 9.17) is 16.7 Å². The third kappa shape index (κ3) is 6.88. The molecule has 0 aliphatic rings. The predicted octanol–water partition coefficient (Wildman–Crippen LogP) is 2.06. The van der Waals surface area contributed by atoms with Crippen molar-refractivity contribution in [2.45, 2.75) is 32.2 Å². The molecule has 0 aliphatic carbocycles. The van der Waals surface area contributed by atoms with Gasteiger partial charge in [0.2, 0.25) is 10.0 Å². The van der Waals surface area contributed by atoms with Gasteiger partial charge in [-0.2, -0.15) is 0 Å². The summed E-state index contributed by atoms with van der Waals surface area (Å²) in [5.74, 6) is -1.17. The van der Waals surface area contributed by atoms with Crippen molar-refractivity contribution in [1.82, 2.24) is 4.72 Å². The first-order chi connectivity index (χ1) is 9.28. The molecule has 0 saturated carbocycles. The summed E-state index contributed by atoms with van der Waals surface area (Å²) in [7, 11) is -3.44. The van der Waals surface area contributed by atoms with Gasteiger partial charge < -0.3 is 5.11 Å². The van der Waals surface area contributed by atoms with Crippen LogP contribution in [-0.2, 0) is 21.2 Å². The fourth-order valence-corrected chi connectivity index (χ4v) is 3.26. The van der Waals surface area contributed by atoms with E-state index in [1.165, 1.54) is 0 Å². The van der Waals surface area contributed by atoms with E-state index in [1.54, 1.807) is 19.1 Å². The third-order valence-electron chi connectivity index (χ3n) is 2.64. The SMILES string of the molecule is CC(Cc1ccc(Cl)cc1)NS(=O)(=O)CCCC(=O)O. The molecular weight excluding hydrogens is 302 g/mol. The summed E-state index contributed by atoms with van der Waals surface area (Å²) in [6.07, 6.45) is 0.514. The van der Waals surface area contributed by atoms with Crippen LogP contribution in [0.2, 0.25) is 5.02 Å². The first-order valence-electron chi connectivity index (χ1n) is 6.25. The van der Waals surface area contributed by atoms with Crippen LogP contribution in [0.1, 0.15) is 25.3 Å². The zero-order chi connectivity index (χ0) is 15.2. The van der Waals surface area contributed by atoms with Gasteiger partial charge >= 0.3 is 5.97 Å². The van der Waals surface area contributed by atoms with Gasteiger partial charge in [0.15, 0.2) is 0 Å². The van der Waals surface area contributed by atoms with Crippen LogP contribution in [0.3, 0.4) is 0 Å². The van der Waals surface area contributed by atoms with Gasteiger partial charge in [-0.05, 0) is 37.5 Å². The van der Waals surface area contributed by atoms with E-state index in [9.17, 15) is 13.2 Å². The van der Waals surface area contributed by atoms with Crippen LogP contribution in [0, 0.1) is 0 Å². The molecule has 7 heteroatoms. The van der Waals surface area contributed by atoms with Crippen LogP contribution in [0.5, 0.6) is 0 Å². The van der Waals surface area contributed by atoms with E-state index in [0.29, 0.717) is 11.4 Å². The van der Waals surface area contributed by atoms with Crippen LogP contribution in [-0.4, -0.2) is 31.3 Å². The molecule has 20 heavy (non-hydrogen) atoms. The lowest BCUT2D eigenvalue weighted by molar-refractivity contribution is -0.137. The Hall–Kier alpha value is -1.11. The first-order valence-corrected chi connectivity index (χ1v) is 8.28. The van der Waals surface area contributed by atoms with Crippen molar-refractivity contribution >= 4 is 27.6 Å². The van der Waals surface area contributed by atoms with Crippen LogP contribution in [0.15, 0.2) is 24.3 Å². The highest BCUT2D eigenvalue weighted by molar-refractivity contribution is 7.89. The highest BCUT2D eigenvalue weighted by atomic mass is 35.5. The van der Waals surface area contributed by atoms with Crippen LogP contribution in [0.4, 0.5) is 0 Å². The summed E-state index contributed by atoms with van der Waals surface area (Å²) in [5, 5.41) is 9.12. The van der Waals surface area contributed by atoms with Crippen molar-refractivity contribution in [2.75, 3.05) is 5.75 Å². The van der Waals surface area contributed by atoms with E-state index in [2.05, 4.69) is 4.72 Å². The van der Waals surface area contributed by atoms with Crippen molar-refractivity contribution < 1.29 is 18.3 Å². The van der Waals surface area contributed by atoms with Crippen molar-refractivity contribution in [2.24, 2.45) is 0 Å². The summed E-state index contributed by atoms with van der Waals surface area (Å²) in [6.45, 7) is 1.77. The third-order valence-corrected chi connectivity index (χ3v) is 4.48. The Morgan fingerprint density at radius 1 is 1.35 bits per heavy atom. The van der Waals surface area contributed by atoms with Gasteiger partial charge in [0.25, 0.3) is 0 Å². The van der Waals surface area contributed by atoms with Gasteiger partial charge in [-0.15, -0.1) is 0 Å². The zero-order valence-corrected chi connectivity index (χ0v) is 12.7. The van der Waals surface area contributed by atoms with Gasteiger partial charge in [-0.1, -0.05) is 23.7 Å². The maximum atomic E-state index is 11.7. The number of carboxylic acids is 1. The fraction of sp³-hybridized carbons (Fsp3) is 0.462. The average Bonchev–Trinajstić information content (AvgIpc) is 2.30. The van der Waals surface area contributed by atoms with Crippen molar-refractivity contribution in [3.05, 3.63) is 34.9 Å². The Balaban J connectivity index is 2.46. The van der Waals surface area contributed by atoms with Crippen LogP contribution < -0.4 is 4.72 Å². The molecule has 0 bridgehead atoms. The van der Waals surface area contributed by atoms with E-state index in [1.807, 2.05) is 12.1 Å². The summed E-state index contributed by atoms with van der Waals surface area (Å²) < 4.78 is 26.0. The minimum absolute atomic E-state index is 0.109. The highest BCUT2D eigenvalue weighted by Crippen LogP contribution is 2.11. The Bertz CT molecular complexity index is 542. The maximum Gasteiger partial charge on any atom is 0.303 e. The quantitative estimate of drug-likeness (QED) is 0.768. The lowest BCUT2D eigenvalue weighted by Crippen LogP contribution is -2.35. The van der Waals surface area contributed by atoms with Gasteiger partial charge in [-0.3, -0.25) is 4.79 Å². The molecule has 112 valence electrons. The normalized spacial score (nSPS) is 13.1. The molecule has 2 N–H and O–H groups in total. The summed E-state index contributed by atoms with van der Waals surface area (Å²) in [4.78, 5) is 10.4. The van der Waals surface area contributed by atoms with Crippen molar-refractivity contribution in [3.8, 4) is 0 Å². The van der Waals surface area contributed by atoms with Crippen LogP contribution >= 0.6 is 11.6 Å². The predicted molar refractivity (Wildman–Crippen MR) is 78.4 cm³/mol. The second-order valence-corrected chi connectivity index (χ2v) is 6.98. The van der Waals surface area contributed by atoms with Crippen LogP contribution in [0.25, 0.3) is 0 Å². The molecule has 0 amide bonds. The van der Waals surface area contributed by atoms with Gasteiger partial charge in [-0.25, -0.2) is 13.1 Å². The van der Waals surface area contributed by atoms with E-state index in [0.717, 1.165) is 5.56 Å². The molecule has 1 aromatic rings. The van der Waals surface area contributed by atoms with E-state index < -0.39 is 16.0 Å². The molecule has 1 atom stereocenters. The Morgan fingerprint density at radius 3 is 2.50 bits per heavy atom. The number of hydrogen-bond donors (Lipinski definition) is 2. The molecule has 1 unspecified atom stereocenters. The minimum Gasteiger partial charge on any atom is -0.481 e.